The number of aromatic nitrogens is 2. The van der Waals surface area contributed by atoms with Crippen LogP contribution in [0.4, 0.5) is 0 Å². The number of nitrogens with zero attached hydrogens (tertiary/aromatic N) is 2. The molecule has 0 amide bonds. The van der Waals surface area contributed by atoms with Gasteiger partial charge < -0.3 is 9.67 Å². The number of hydrogen-bond donors (Lipinski definition) is 1. The number of carboxylic acid groups (broad SMARTS) is 1. The Balaban J connectivity index is 2.18. The number of aromatic carboxylic acids is 1. The summed E-state index contributed by atoms with van der Waals surface area (Å²) >= 11 is 0. The average Bonchev–Trinajstić information content (AvgIpc) is 2.88. The molecule has 2 unspecified atom stereocenters. The maximum absolute atomic E-state index is 10.9. The van der Waals surface area contributed by atoms with Crippen LogP contribution in [0.15, 0.2) is 18.2 Å². The molecule has 1 fully saturated rings. The Morgan fingerprint density at radius 1 is 1.53 bits per heavy atom. The maximum atomic E-state index is 10.9. The van der Waals surface area contributed by atoms with E-state index in [0.29, 0.717) is 17.5 Å². The van der Waals surface area contributed by atoms with Gasteiger partial charge in [-0.15, -0.1) is 0 Å². The molecule has 0 spiro atoms. The van der Waals surface area contributed by atoms with Crippen molar-refractivity contribution in [2.45, 2.75) is 26.3 Å². The van der Waals surface area contributed by atoms with Crippen LogP contribution in [0.25, 0.3) is 11.0 Å². The predicted octanol–water partition coefficient (Wildman–Crippen LogP) is 2.62. The van der Waals surface area contributed by atoms with Crippen molar-refractivity contribution < 1.29 is 9.90 Å². The third kappa shape index (κ3) is 1.52. The molecule has 1 saturated carbocycles. The normalized spacial score (nSPS) is 22.9. The summed E-state index contributed by atoms with van der Waals surface area (Å²) < 4.78 is 2.23. The molecular formula is C13H14N2O2. The van der Waals surface area contributed by atoms with Crippen molar-refractivity contribution in [3.8, 4) is 0 Å². The van der Waals surface area contributed by atoms with E-state index in [0.717, 1.165) is 16.9 Å². The molecule has 1 aliphatic carbocycles. The van der Waals surface area contributed by atoms with E-state index in [-0.39, 0.29) is 0 Å². The second kappa shape index (κ2) is 3.32. The van der Waals surface area contributed by atoms with Crippen molar-refractivity contribution in [1.29, 1.82) is 0 Å². The molecule has 4 nitrogen and oxygen atoms in total. The molecule has 1 N–H and O–H groups in total. The lowest BCUT2D eigenvalue weighted by Crippen LogP contribution is -1.99. The third-order valence-electron chi connectivity index (χ3n) is 3.51. The lowest BCUT2D eigenvalue weighted by Gasteiger charge is -2.04. The fourth-order valence-corrected chi connectivity index (χ4v) is 2.43. The van der Waals surface area contributed by atoms with Gasteiger partial charge in [0.15, 0.2) is 0 Å². The quantitative estimate of drug-likeness (QED) is 0.862. The molecule has 0 bridgehead atoms. The van der Waals surface area contributed by atoms with E-state index in [1.807, 2.05) is 13.0 Å². The smallest absolute Gasteiger partial charge is 0.335 e. The van der Waals surface area contributed by atoms with Crippen molar-refractivity contribution in [1.82, 2.24) is 9.55 Å². The minimum absolute atomic E-state index is 0.297. The molecule has 0 radical (unpaired) electrons. The Bertz CT molecular complexity index is 615. The zero-order chi connectivity index (χ0) is 12.2. The highest BCUT2D eigenvalue weighted by Gasteiger charge is 2.36. The van der Waals surface area contributed by atoms with Crippen LogP contribution in [-0.2, 0) is 0 Å². The van der Waals surface area contributed by atoms with Gasteiger partial charge in [0, 0.05) is 6.04 Å². The van der Waals surface area contributed by atoms with Gasteiger partial charge in [-0.2, -0.15) is 0 Å². The molecule has 0 saturated heterocycles. The summed E-state index contributed by atoms with van der Waals surface area (Å²) in [5.41, 5.74) is 2.12. The molecule has 0 aliphatic heterocycles. The van der Waals surface area contributed by atoms with Gasteiger partial charge in [-0.25, -0.2) is 9.78 Å². The maximum Gasteiger partial charge on any atom is 0.335 e. The summed E-state index contributed by atoms with van der Waals surface area (Å²) in [4.78, 5) is 15.4. The van der Waals surface area contributed by atoms with Crippen LogP contribution in [0.1, 0.15) is 35.6 Å². The van der Waals surface area contributed by atoms with E-state index >= 15 is 0 Å². The minimum Gasteiger partial charge on any atom is -0.478 e. The standard InChI is InChI=1S/C13H14N2O2/c1-7-5-12(7)15-8(2)14-10-6-9(13(16)17)3-4-11(10)15/h3-4,6-7,12H,5H2,1-2H3,(H,16,17). The van der Waals surface area contributed by atoms with Gasteiger partial charge in [0.2, 0.25) is 0 Å². The van der Waals surface area contributed by atoms with Crippen molar-refractivity contribution in [2.24, 2.45) is 5.92 Å². The van der Waals surface area contributed by atoms with Crippen molar-refractivity contribution in [2.75, 3.05) is 0 Å². The molecule has 2 atom stereocenters. The molecule has 1 aliphatic rings. The summed E-state index contributed by atoms with van der Waals surface area (Å²) in [6.07, 6.45) is 1.19. The number of carbonyl (C=O) groups is 1. The number of aryl methyl sites for hydroxylation is 1. The summed E-state index contributed by atoms with van der Waals surface area (Å²) in [6.45, 7) is 4.20. The molecule has 1 heterocycles. The monoisotopic (exact) mass is 230 g/mol. The van der Waals surface area contributed by atoms with E-state index in [1.165, 1.54) is 6.42 Å². The van der Waals surface area contributed by atoms with Crippen LogP contribution in [0.2, 0.25) is 0 Å². The molecule has 88 valence electrons. The second-order valence-corrected chi connectivity index (χ2v) is 4.82. The van der Waals surface area contributed by atoms with Gasteiger partial charge in [0.05, 0.1) is 16.6 Å². The number of imidazole rings is 1. The first-order chi connectivity index (χ1) is 8.08. The van der Waals surface area contributed by atoms with Gasteiger partial charge in [0.1, 0.15) is 5.82 Å². The van der Waals surface area contributed by atoms with Crippen LogP contribution < -0.4 is 0 Å². The Morgan fingerprint density at radius 2 is 2.24 bits per heavy atom. The Morgan fingerprint density at radius 3 is 2.82 bits per heavy atom. The van der Waals surface area contributed by atoms with E-state index < -0.39 is 5.97 Å². The molecule has 4 heteroatoms. The summed E-state index contributed by atoms with van der Waals surface area (Å²) in [5, 5.41) is 8.95. The second-order valence-electron chi connectivity index (χ2n) is 4.82. The van der Waals surface area contributed by atoms with E-state index in [9.17, 15) is 4.79 Å². The van der Waals surface area contributed by atoms with Gasteiger partial charge in [-0.05, 0) is 37.5 Å². The van der Waals surface area contributed by atoms with E-state index in [4.69, 9.17) is 5.11 Å². The highest BCUT2D eigenvalue weighted by Crippen LogP contribution is 2.45. The third-order valence-corrected chi connectivity index (χ3v) is 3.51. The SMILES string of the molecule is Cc1nc2cc(C(=O)O)ccc2n1C1CC1C. The van der Waals surface area contributed by atoms with Gasteiger partial charge in [-0.1, -0.05) is 6.92 Å². The zero-order valence-corrected chi connectivity index (χ0v) is 9.84. The van der Waals surface area contributed by atoms with Crippen LogP contribution in [0, 0.1) is 12.8 Å². The summed E-state index contributed by atoms with van der Waals surface area (Å²) in [7, 11) is 0. The number of benzene rings is 1. The number of fused-ring (bicyclic) bond motifs is 1. The topological polar surface area (TPSA) is 55.1 Å². The minimum atomic E-state index is -0.904. The Labute approximate surface area is 98.9 Å². The highest BCUT2D eigenvalue weighted by molar-refractivity contribution is 5.92. The van der Waals surface area contributed by atoms with Crippen LogP contribution in [0.5, 0.6) is 0 Å². The molecule has 3 rings (SSSR count). The molecular weight excluding hydrogens is 216 g/mol. The average molecular weight is 230 g/mol. The van der Waals surface area contributed by atoms with Crippen molar-refractivity contribution in [3.05, 3.63) is 29.6 Å². The fraction of sp³-hybridized carbons (Fsp3) is 0.385. The number of carboxylic acids is 1. The zero-order valence-electron chi connectivity index (χ0n) is 9.84. The van der Waals surface area contributed by atoms with Crippen molar-refractivity contribution >= 4 is 17.0 Å². The van der Waals surface area contributed by atoms with Crippen LogP contribution >= 0.6 is 0 Å². The summed E-state index contributed by atoms with van der Waals surface area (Å²) in [6, 6.07) is 5.70. The number of rotatable bonds is 2. The van der Waals surface area contributed by atoms with Gasteiger partial charge >= 0.3 is 5.97 Å². The van der Waals surface area contributed by atoms with Crippen LogP contribution in [0.3, 0.4) is 0 Å². The predicted molar refractivity (Wildman–Crippen MR) is 64.2 cm³/mol. The Hall–Kier alpha value is -1.84. The number of hydrogen-bond acceptors (Lipinski definition) is 2. The molecule has 1 aromatic heterocycles. The lowest BCUT2D eigenvalue weighted by atomic mass is 10.2. The first kappa shape index (κ1) is 10.3. The molecule has 17 heavy (non-hydrogen) atoms. The summed E-state index contributed by atoms with van der Waals surface area (Å²) in [5.74, 6) is 0.765. The molecule has 1 aromatic carbocycles. The van der Waals surface area contributed by atoms with Crippen molar-refractivity contribution in [3.63, 3.8) is 0 Å². The van der Waals surface area contributed by atoms with Gasteiger partial charge in [-0.3, -0.25) is 0 Å². The fourth-order valence-electron chi connectivity index (χ4n) is 2.43. The molecule has 2 aromatic rings. The highest BCUT2D eigenvalue weighted by atomic mass is 16.4. The van der Waals surface area contributed by atoms with Crippen LogP contribution in [-0.4, -0.2) is 20.6 Å². The largest absolute Gasteiger partial charge is 0.478 e. The van der Waals surface area contributed by atoms with E-state index in [2.05, 4.69) is 16.5 Å². The first-order valence-electron chi connectivity index (χ1n) is 5.80. The van der Waals surface area contributed by atoms with Gasteiger partial charge in [0.25, 0.3) is 0 Å². The Kier molecular flexibility index (Phi) is 2.02. The lowest BCUT2D eigenvalue weighted by molar-refractivity contribution is 0.0697. The van der Waals surface area contributed by atoms with E-state index in [1.54, 1.807) is 12.1 Å². The first-order valence-corrected chi connectivity index (χ1v) is 5.80.